The van der Waals surface area contributed by atoms with E-state index >= 15 is 0 Å². The van der Waals surface area contributed by atoms with Gasteiger partial charge in [0.25, 0.3) is 0 Å². The molecule has 0 N–H and O–H groups in total. The van der Waals surface area contributed by atoms with E-state index in [0.29, 0.717) is 22.8 Å². The van der Waals surface area contributed by atoms with Crippen LogP contribution in [0.2, 0.25) is 0 Å². The van der Waals surface area contributed by atoms with E-state index in [-0.39, 0.29) is 13.2 Å². The topological polar surface area (TPSA) is 107 Å². The summed E-state index contributed by atoms with van der Waals surface area (Å²) >= 11 is 0. The van der Waals surface area contributed by atoms with Gasteiger partial charge in [-0.05, 0) is 47.5 Å². The number of esters is 3. The molecule has 0 radical (unpaired) electrons. The first-order valence-corrected chi connectivity index (χ1v) is 10.6. The quantitative estimate of drug-likeness (QED) is 0.254. The summed E-state index contributed by atoms with van der Waals surface area (Å²) in [5.41, 5.74) is 1.46. The number of hydrogen-bond donors (Lipinski definition) is 0. The lowest BCUT2D eigenvalue weighted by Crippen LogP contribution is -2.29. The van der Waals surface area contributed by atoms with Gasteiger partial charge < -0.3 is 28.4 Å². The second-order valence-corrected chi connectivity index (χ2v) is 7.05. The number of methoxy groups -OCH3 is 3. The van der Waals surface area contributed by atoms with Gasteiger partial charge in [-0.3, -0.25) is 4.79 Å². The molecule has 0 aliphatic rings. The van der Waals surface area contributed by atoms with Gasteiger partial charge in [-0.2, -0.15) is 0 Å². The normalized spacial score (nSPS) is 11.7. The second-order valence-electron chi connectivity index (χ2n) is 7.05. The van der Waals surface area contributed by atoms with Crippen molar-refractivity contribution >= 4 is 30.1 Å². The van der Waals surface area contributed by atoms with Gasteiger partial charge in [0.1, 0.15) is 19.0 Å². The van der Waals surface area contributed by atoms with E-state index in [2.05, 4.69) is 0 Å². The van der Waals surface area contributed by atoms with Crippen LogP contribution in [0.3, 0.4) is 0 Å². The first-order chi connectivity index (χ1) is 16.8. The number of ether oxygens (including phenoxy) is 6. The zero-order chi connectivity index (χ0) is 25.6. The maximum Gasteiger partial charge on any atom is 0.330 e. The molecule has 9 heteroatoms. The van der Waals surface area contributed by atoms with E-state index in [1.54, 1.807) is 55.7 Å². The van der Waals surface area contributed by atoms with Crippen molar-refractivity contribution in [3.05, 3.63) is 65.7 Å². The van der Waals surface area contributed by atoms with E-state index in [1.807, 2.05) is 0 Å². The highest BCUT2D eigenvalue weighted by molar-refractivity contribution is 5.87. The number of benzene rings is 2. The molecular formula is C26H28O9. The van der Waals surface area contributed by atoms with Gasteiger partial charge in [-0.1, -0.05) is 18.2 Å². The maximum absolute atomic E-state index is 12.1. The summed E-state index contributed by atoms with van der Waals surface area (Å²) < 4.78 is 30.8. The van der Waals surface area contributed by atoms with Crippen molar-refractivity contribution in [1.29, 1.82) is 0 Å². The standard InChI is InChI=1S/C26H28O9/c1-18(27)35-22(16-33-25(28)13-8-19-5-10-21(30-2)11-6-19)17-34-26(29)14-9-20-7-12-23(31-3)24(15-20)32-4/h5-15,22H,16-17H2,1-4H3/b13-8?,14-9+. The minimum absolute atomic E-state index is 0.280. The molecule has 2 aromatic rings. The molecule has 0 amide bonds. The fourth-order valence-electron chi connectivity index (χ4n) is 2.80. The lowest BCUT2D eigenvalue weighted by atomic mass is 10.2. The molecule has 35 heavy (non-hydrogen) atoms. The van der Waals surface area contributed by atoms with Gasteiger partial charge in [0.05, 0.1) is 21.3 Å². The number of rotatable bonds is 12. The Labute approximate surface area is 203 Å². The van der Waals surface area contributed by atoms with Crippen LogP contribution in [0.5, 0.6) is 17.2 Å². The molecule has 1 unspecified atom stereocenters. The first kappa shape index (κ1) is 27.0. The van der Waals surface area contributed by atoms with E-state index in [4.69, 9.17) is 28.4 Å². The summed E-state index contributed by atoms with van der Waals surface area (Å²) in [5, 5.41) is 0. The van der Waals surface area contributed by atoms with Gasteiger partial charge in [0.15, 0.2) is 17.6 Å². The maximum atomic E-state index is 12.1. The van der Waals surface area contributed by atoms with Gasteiger partial charge in [-0.25, -0.2) is 9.59 Å². The third-order valence-corrected chi connectivity index (χ3v) is 4.50. The third kappa shape index (κ3) is 9.63. The monoisotopic (exact) mass is 484 g/mol. The highest BCUT2D eigenvalue weighted by Crippen LogP contribution is 2.27. The molecule has 2 aromatic carbocycles. The third-order valence-electron chi connectivity index (χ3n) is 4.50. The number of carbonyl (C=O) groups is 3. The SMILES string of the molecule is COc1ccc(C=CC(=O)OCC(COC(=O)/C=C/c2ccc(OC)c(OC)c2)OC(C)=O)cc1. The zero-order valence-corrected chi connectivity index (χ0v) is 20.0. The van der Waals surface area contributed by atoms with Crippen LogP contribution in [-0.2, 0) is 28.6 Å². The van der Waals surface area contributed by atoms with Gasteiger partial charge in [-0.15, -0.1) is 0 Å². The summed E-state index contributed by atoms with van der Waals surface area (Å²) in [6.45, 7) is 0.638. The predicted octanol–water partition coefficient (Wildman–Crippen LogP) is 3.46. The summed E-state index contributed by atoms with van der Waals surface area (Å²) in [6, 6.07) is 12.2. The summed E-state index contributed by atoms with van der Waals surface area (Å²) in [7, 11) is 4.60. The Hall–Kier alpha value is -4.27. The van der Waals surface area contributed by atoms with Crippen LogP contribution in [0.15, 0.2) is 54.6 Å². The number of carbonyl (C=O) groups excluding carboxylic acids is 3. The lowest BCUT2D eigenvalue weighted by Gasteiger charge is -2.16. The molecule has 1 atom stereocenters. The Morgan fingerprint density at radius 3 is 1.80 bits per heavy atom. The molecule has 0 saturated heterocycles. The summed E-state index contributed by atoms with van der Waals surface area (Å²) in [6.07, 6.45) is 4.61. The van der Waals surface area contributed by atoms with Crippen LogP contribution in [0.4, 0.5) is 0 Å². The molecule has 0 aliphatic heterocycles. The fourth-order valence-corrected chi connectivity index (χ4v) is 2.80. The van der Waals surface area contributed by atoms with Crippen LogP contribution >= 0.6 is 0 Å². The van der Waals surface area contributed by atoms with Crippen LogP contribution in [-0.4, -0.2) is 58.6 Å². The second kappa shape index (κ2) is 14.1. The van der Waals surface area contributed by atoms with Gasteiger partial charge in [0.2, 0.25) is 0 Å². The molecule has 0 heterocycles. The highest BCUT2D eigenvalue weighted by Gasteiger charge is 2.16. The van der Waals surface area contributed by atoms with E-state index in [1.165, 1.54) is 39.4 Å². The Kier molecular flexibility index (Phi) is 10.9. The summed E-state index contributed by atoms with van der Waals surface area (Å²) in [5.74, 6) is -0.134. The molecule has 0 saturated carbocycles. The minimum atomic E-state index is -0.954. The van der Waals surface area contributed by atoms with Crippen LogP contribution in [0.1, 0.15) is 18.1 Å². The Bertz CT molecular complexity index is 1050. The largest absolute Gasteiger partial charge is 0.497 e. The average molecular weight is 485 g/mol. The lowest BCUT2D eigenvalue weighted by molar-refractivity contribution is -0.162. The molecule has 9 nitrogen and oxygen atoms in total. The predicted molar refractivity (Wildman–Crippen MR) is 128 cm³/mol. The molecule has 0 fully saturated rings. The Morgan fingerprint density at radius 1 is 0.743 bits per heavy atom. The summed E-state index contributed by atoms with van der Waals surface area (Å²) in [4.78, 5) is 35.5. The molecule has 2 rings (SSSR count). The molecular weight excluding hydrogens is 456 g/mol. The number of hydrogen-bond acceptors (Lipinski definition) is 9. The van der Waals surface area contributed by atoms with Gasteiger partial charge >= 0.3 is 17.9 Å². The van der Waals surface area contributed by atoms with Gasteiger partial charge in [0, 0.05) is 19.1 Å². The Balaban J connectivity index is 1.87. The van der Waals surface area contributed by atoms with E-state index in [9.17, 15) is 14.4 Å². The van der Waals surface area contributed by atoms with Crippen LogP contribution in [0, 0.1) is 0 Å². The van der Waals surface area contributed by atoms with Crippen molar-refractivity contribution in [1.82, 2.24) is 0 Å². The minimum Gasteiger partial charge on any atom is -0.497 e. The van der Waals surface area contributed by atoms with E-state index < -0.39 is 24.0 Å². The molecule has 186 valence electrons. The molecule has 0 aromatic heterocycles. The van der Waals surface area contributed by atoms with Crippen molar-refractivity contribution in [2.75, 3.05) is 34.5 Å². The van der Waals surface area contributed by atoms with Crippen molar-refractivity contribution in [2.45, 2.75) is 13.0 Å². The van der Waals surface area contributed by atoms with E-state index in [0.717, 1.165) is 5.56 Å². The fraction of sp³-hybridized carbons (Fsp3) is 0.269. The highest BCUT2D eigenvalue weighted by atomic mass is 16.6. The smallest absolute Gasteiger partial charge is 0.330 e. The molecule has 0 spiro atoms. The zero-order valence-electron chi connectivity index (χ0n) is 20.0. The Morgan fingerprint density at radius 2 is 1.29 bits per heavy atom. The average Bonchev–Trinajstić information content (AvgIpc) is 2.87. The molecule has 0 bridgehead atoms. The van der Waals surface area contributed by atoms with Crippen molar-refractivity contribution in [3.63, 3.8) is 0 Å². The molecule has 0 aliphatic carbocycles. The van der Waals surface area contributed by atoms with Crippen molar-refractivity contribution in [3.8, 4) is 17.2 Å². The first-order valence-electron chi connectivity index (χ1n) is 10.6. The van der Waals surface area contributed by atoms with Crippen LogP contribution < -0.4 is 14.2 Å². The van der Waals surface area contributed by atoms with Crippen molar-refractivity contribution in [2.24, 2.45) is 0 Å². The van der Waals surface area contributed by atoms with Crippen LogP contribution in [0.25, 0.3) is 12.2 Å². The van der Waals surface area contributed by atoms with Crippen molar-refractivity contribution < 1.29 is 42.8 Å².